The molecule has 1 aromatic carbocycles. The van der Waals surface area contributed by atoms with Crippen LogP contribution in [0.4, 0.5) is 4.39 Å². The lowest BCUT2D eigenvalue weighted by molar-refractivity contribution is 0.380. The topological polar surface area (TPSA) is 23.5 Å². The van der Waals surface area contributed by atoms with Gasteiger partial charge in [0.1, 0.15) is 0 Å². The van der Waals surface area contributed by atoms with E-state index in [1.807, 2.05) is 19.0 Å². The first-order valence-corrected chi connectivity index (χ1v) is 3.72. The van der Waals surface area contributed by atoms with Gasteiger partial charge in [-0.3, -0.25) is 0 Å². The number of phenols is 1. The second-order valence-electron chi connectivity index (χ2n) is 2.99. The summed E-state index contributed by atoms with van der Waals surface area (Å²) in [6, 6.07) is 4.64. The number of phenolic OH excluding ortho intramolecular Hbond substituents is 1. The molecule has 66 valence electrons. The van der Waals surface area contributed by atoms with Gasteiger partial charge < -0.3 is 10.0 Å². The van der Waals surface area contributed by atoms with Crippen LogP contribution in [0, 0.1) is 5.82 Å². The Hall–Kier alpha value is -1.09. The van der Waals surface area contributed by atoms with E-state index in [0.29, 0.717) is 12.1 Å². The van der Waals surface area contributed by atoms with E-state index < -0.39 is 5.82 Å². The van der Waals surface area contributed by atoms with E-state index in [-0.39, 0.29) is 5.75 Å². The molecule has 0 aromatic heterocycles. The maximum atomic E-state index is 13.1. The standard InChI is InChI=1S/C9H12FNO/c1-11(2)6-7-4-3-5-8(12)9(7)10/h3-5,12H,6H2,1-2H3. The number of halogens is 1. The van der Waals surface area contributed by atoms with Crippen molar-refractivity contribution in [1.29, 1.82) is 0 Å². The largest absolute Gasteiger partial charge is 0.505 e. The van der Waals surface area contributed by atoms with Crippen molar-refractivity contribution >= 4 is 0 Å². The third-order valence-corrected chi connectivity index (χ3v) is 1.54. The van der Waals surface area contributed by atoms with Gasteiger partial charge in [-0.05, 0) is 20.2 Å². The molecule has 0 heterocycles. The Kier molecular flexibility index (Phi) is 2.65. The predicted octanol–water partition coefficient (Wildman–Crippen LogP) is 1.59. The number of rotatable bonds is 2. The van der Waals surface area contributed by atoms with Crippen LogP contribution in [0.25, 0.3) is 0 Å². The van der Waals surface area contributed by atoms with Gasteiger partial charge in [-0.1, -0.05) is 12.1 Å². The molecule has 1 aromatic rings. The Balaban J connectivity index is 2.92. The molecule has 0 unspecified atom stereocenters. The van der Waals surface area contributed by atoms with Gasteiger partial charge in [-0.25, -0.2) is 4.39 Å². The summed E-state index contributed by atoms with van der Waals surface area (Å²) in [5, 5.41) is 9.02. The molecule has 0 aliphatic carbocycles. The van der Waals surface area contributed by atoms with Crippen molar-refractivity contribution in [2.75, 3.05) is 14.1 Å². The van der Waals surface area contributed by atoms with Crippen LogP contribution in [0.1, 0.15) is 5.56 Å². The maximum absolute atomic E-state index is 13.1. The van der Waals surface area contributed by atoms with Crippen molar-refractivity contribution in [2.24, 2.45) is 0 Å². The van der Waals surface area contributed by atoms with Crippen molar-refractivity contribution in [3.05, 3.63) is 29.6 Å². The van der Waals surface area contributed by atoms with Gasteiger partial charge in [0.05, 0.1) is 0 Å². The quantitative estimate of drug-likeness (QED) is 0.726. The zero-order chi connectivity index (χ0) is 9.14. The molecule has 2 nitrogen and oxygen atoms in total. The third kappa shape index (κ3) is 1.95. The van der Waals surface area contributed by atoms with Crippen LogP contribution in [0.3, 0.4) is 0 Å². The molecule has 0 spiro atoms. The Bertz CT molecular complexity index is 273. The second kappa shape index (κ2) is 3.54. The summed E-state index contributed by atoms with van der Waals surface area (Å²) in [5.41, 5.74) is 0.514. The van der Waals surface area contributed by atoms with E-state index in [2.05, 4.69) is 0 Å². The van der Waals surface area contributed by atoms with Crippen molar-refractivity contribution in [1.82, 2.24) is 4.90 Å². The van der Waals surface area contributed by atoms with Gasteiger partial charge in [-0.15, -0.1) is 0 Å². The number of hydrogen-bond acceptors (Lipinski definition) is 2. The number of aromatic hydroxyl groups is 1. The summed E-state index contributed by atoms with van der Waals surface area (Å²) in [4.78, 5) is 1.85. The van der Waals surface area contributed by atoms with Gasteiger partial charge in [0.25, 0.3) is 0 Å². The van der Waals surface area contributed by atoms with E-state index in [0.717, 1.165) is 0 Å². The summed E-state index contributed by atoms with van der Waals surface area (Å²) in [7, 11) is 3.70. The number of nitrogens with zero attached hydrogens (tertiary/aromatic N) is 1. The molecule has 0 aliphatic rings. The van der Waals surface area contributed by atoms with E-state index in [4.69, 9.17) is 5.11 Å². The van der Waals surface area contributed by atoms with Crippen LogP contribution >= 0.6 is 0 Å². The van der Waals surface area contributed by atoms with Crippen LogP contribution < -0.4 is 0 Å². The summed E-state index contributed by atoms with van der Waals surface area (Å²) < 4.78 is 13.1. The number of benzene rings is 1. The Morgan fingerprint density at radius 3 is 2.67 bits per heavy atom. The monoisotopic (exact) mass is 169 g/mol. The van der Waals surface area contributed by atoms with Crippen molar-refractivity contribution in [3.8, 4) is 5.75 Å². The van der Waals surface area contributed by atoms with Crippen LogP contribution in [0.5, 0.6) is 5.75 Å². The third-order valence-electron chi connectivity index (χ3n) is 1.54. The molecule has 0 aliphatic heterocycles. The van der Waals surface area contributed by atoms with Crippen LogP contribution in [0.15, 0.2) is 18.2 Å². The number of hydrogen-bond donors (Lipinski definition) is 1. The minimum absolute atomic E-state index is 0.283. The van der Waals surface area contributed by atoms with Crippen LogP contribution in [0.2, 0.25) is 0 Å². The minimum atomic E-state index is -0.522. The Morgan fingerprint density at radius 2 is 2.08 bits per heavy atom. The molecule has 3 heteroatoms. The fourth-order valence-corrected chi connectivity index (χ4v) is 1.03. The first kappa shape index (κ1) is 9.00. The normalized spacial score (nSPS) is 10.7. The molecule has 12 heavy (non-hydrogen) atoms. The molecule has 0 bridgehead atoms. The lowest BCUT2D eigenvalue weighted by atomic mass is 10.2. The lowest BCUT2D eigenvalue weighted by Gasteiger charge is -2.10. The van der Waals surface area contributed by atoms with Gasteiger partial charge in [0, 0.05) is 12.1 Å². The highest BCUT2D eigenvalue weighted by molar-refractivity contribution is 5.29. The fourth-order valence-electron chi connectivity index (χ4n) is 1.03. The molecular formula is C9H12FNO. The molecule has 1 N–H and O–H groups in total. The van der Waals surface area contributed by atoms with Crippen LogP contribution in [-0.4, -0.2) is 24.1 Å². The van der Waals surface area contributed by atoms with Crippen molar-refractivity contribution < 1.29 is 9.50 Å². The Labute approximate surface area is 71.2 Å². The summed E-state index contributed by atoms with van der Waals surface area (Å²) in [5.74, 6) is -0.805. The van der Waals surface area contributed by atoms with E-state index in [9.17, 15) is 4.39 Å². The zero-order valence-corrected chi connectivity index (χ0v) is 7.21. The molecular weight excluding hydrogens is 157 g/mol. The van der Waals surface area contributed by atoms with Crippen molar-refractivity contribution in [2.45, 2.75) is 6.54 Å². The first-order valence-electron chi connectivity index (χ1n) is 3.72. The summed E-state index contributed by atoms with van der Waals surface area (Å²) in [6.07, 6.45) is 0. The second-order valence-corrected chi connectivity index (χ2v) is 2.99. The fraction of sp³-hybridized carbons (Fsp3) is 0.333. The highest BCUT2D eigenvalue weighted by Crippen LogP contribution is 2.18. The molecule has 0 amide bonds. The molecule has 0 saturated carbocycles. The lowest BCUT2D eigenvalue weighted by Crippen LogP contribution is -2.11. The van der Waals surface area contributed by atoms with Gasteiger partial charge in [0.15, 0.2) is 11.6 Å². The molecule has 0 saturated heterocycles. The molecule has 0 atom stereocenters. The van der Waals surface area contributed by atoms with Crippen molar-refractivity contribution in [3.63, 3.8) is 0 Å². The highest BCUT2D eigenvalue weighted by atomic mass is 19.1. The predicted molar refractivity (Wildman–Crippen MR) is 45.5 cm³/mol. The Morgan fingerprint density at radius 1 is 1.42 bits per heavy atom. The maximum Gasteiger partial charge on any atom is 0.169 e. The smallest absolute Gasteiger partial charge is 0.169 e. The minimum Gasteiger partial charge on any atom is -0.505 e. The molecule has 1 rings (SSSR count). The summed E-state index contributed by atoms with van der Waals surface area (Å²) >= 11 is 0. The molecule has 0 fully saturated rings. The average molecular weight is 169 g/mol. The van der Waals surface area contributed by atoms with E-state index in [1.54, 1.807) is 12.1 Å². The van der Waals surface area contributed by atoms with Gasteiger partial charge >= 0.3 is 0 Å². The molecule has 0 radical (unpaired) electrons. The van der Waals surface area contributed by atoms with E-state index >= 15 is 0 Å². The highest BCUT2D eigenvalue weighted by Gasteiger charge is 2.06. The van der Waals surface area contributed by atoms with Crippen LogP contribution in [-0.2, 0) is 6.54 Å². The summed E-state index contributed by atoms with van der Waals surface area (Å²) in [6.45, 7) is 0.500. The average Bonchev–Trinajstić information content (AvgIpc) is 1.98. The van der Waals surface area contributed by atoms with Gasteiger partial charge in [0.2, 0.25) is 0 Å². The van der Waals surface area contributed by atoms with E-state index in [1.165, 1.54) is 6.07 Å². The van der Waals surface area contributed by atoms with Gasteiger partial charge in [-0.2, -0.15) is 0 Å². The first-order chi connectivity index (χ1) is 5.61. The zero-order valence-electron chi connectivity index (χ0n) is 7.21. The SMILES string of the molecule is CN(C)Cc1cccc(O)c1F.